The Morgan fingerprint density at radius 2 is 1.93 bits per heavy atom. The Morgan fingerprint density at radius 1 is 1.25 bits per heavy atom. The minimum Gasteiger partial charge on any atom is -0.506 e. The second-order valence-corrected chi connectivity index (χ2v) is 6.25. The second kappa shape index (κ2) is 7.85. The molecule has 0 radical (unpaired) electrons. The Bertz CT molecular complexity index is 1110. The van der Waals surface area contributed by atoms with Crippen molar-refractivity contribution in [2.24, 2.45) is 0 Å². The van der Waals surface area contributed by atoms with Crippen LogP contribution in [0, 0.1) is 11.6 Å². The SMILES string of the molecule is CCNC(=O)c1c(O)c2ccc(Cl)cc2n(OCc2c(F)cccc2F)c1=O. The van der Waals surface area contributed by atoms with E-state index in [1.54, 1.807) is 6.92 Å². The third kappa shape index (κ3) is 3.50. The van der Waals surface area contributed by atoms with Crippen molar-refractivity contribution < 1.29 is 23.5 Å². The van der Waals surface area contributed by atoms with Crippen molar-refractivity contribution in [2.45, 2.75) is 13.5 Å². The van der Waals surface area contributed by atoms with E-state index in [2.05, 4.69) is 5.32 Å². The second-order valence-electron chi connectivity index (χ2n) is 5.82. The molecule has 0 saturated heterocycles. The molecule has 1 heterocycles. The van der Waals surface area contributed by atoms with Gasteiger partial charge in [0.05, 0.1) is 11.1 Å². The predicted molar refractivity (Wildman–Crippen MR) is 99.5 cm³/mol. The maximum absolute atomic E-state index is 13.9. The van der Waals surface area contributed by atoms with Crippen molar-refractivity contribution in [3.63, 3.8) is 0 Å². The molecule has 146 valence electrons. The number of hydrogen-bond acceptors (Lipinski definition) is 4. The van der Waals surface area contributed by atoms with Crippen molar-refractivity contribution >= 4 is 28.4 Å². The highest BCUT2D eigenvalue weighted by Gasteiger charge is 2.23. The maximum Gasteiger partial charge on any atom is 0.300 e. The van der Waals surface area contributed by atoms with Gasteiger partial charge in [-0.3, -0.25) is 9.59 Å². The van der Waals surface area contributed by atoms with Crippen molar-refractivity contribution in [3.8, 4) is 5.75 Å². The minimum atomic E-state index is -0.991. The molecule has 3 aromatic rings. The number of halogens is 3. The highest BCUT2D eigenvalue weighted by atomic mass is 35.5. The molecule has 0 bridgehead atoms. The molecule has 3 rings (SSSR count). The molecule has 0 aliphatic rings. The quantitative estimate of drug-likeness (QED) is 0.680. The van der Waals surface area contributed by atoms with E-state index in [4.69, 9.17) is 16.4 Å². The van der Waals surface area contributed by atoms with Crippen LogP contribution in [0.25, 0.3) is 10.9 Å². The van der Waals surface area contributed by atoms with Crippen LogP contribution in [-0.4, -0.2) is 22.3 Å². The van der Waals surface area contributed by atoms with E-state index in [1.807, 2.05) is 0 Å². The van der Waals surface area contributed by atoms with Gasteiger partial charge in [0.2, 0.25) is 0 Å². The first-order chi connectivity index (χ1) is 13.3. The van der Waals surface area contributed by atoms with Crippen molar-refractivity contribution in [2.75, 3.05) is 6.54 Å². The number of nitrogens with zero attached hydrogens (tertiary/aromatic N) is 1. The van der Waals surface area contributed by atoms with E-state index >= 15 is 0 Å². The summed E-state index contributed by atoms with van der Waals surface area (Å²) >= 11 is 5.96. The summed E-state index contributed by atoms with van der Waals surface area (Å²) < 4.78 is 28.4. The third-order valence-electron chi connectivity index (χ3n) is 4.03. The van der Waals surface area contributed by atoms with Gasteiger partial charge in [0.25, 0.3) is 11.5 Å². The zero-order chi connectivity index (χ0) is 20.4. The fourth-order valence-electron chi connectivity index (χ4n) is 2.70. The van der Waals surface area contributed by atoms with Crippen LogP contribution in [0.4, 0.5) is 8.78 Å². The molecule has 9 heteroatoms. The number of aromatic nitrogens is 1. The molecular formula is C19H15ClF2N2O4. The first-order valence-electron chi connectivity index (χ1n) is 8.26. The van der Waals surface area contributed by atoms with Crippen LogP contribution in [0.2, 0.25) is 5.02 Å². The number of benzene rings is 2. The van der Waals surface area contributed by atoms with E-state index < -0.39 is 46.6 Å². The Balaban J connectivity index is 2.18. The van der Waals surface area contributed by atoms with Crippen molar-refractivity contribution in [1.29, 1.82) is 0 Å². The molecule has 28 heavy (non-hydrogen) atoms. The summed E-state index contributed by atoms with van der Waals surface area (Å²) in [6.07, 6.45) is 0. The van der Waals surface area contributed by atoms with Crippen LogP contribution in [0.15, 0.2) is 41.2 Å². The van der Waals surface area contributed by atoms with Gasteiger partial charge in [-0.1, -0.05) is 17.7 Å². The van der Waals surface area contributed by atoms with Gasteiger partial charge in [0.1, 0.15) is 29.6 Å². The zero-order valence-corrected chi connectivity index (χ0v) is 15.4. The zero-order valence-electron chi connectivity index (χ0n) is 14.6. The minimum absolute atomic E-state index is 0.0415. The molecule has 1 amide bonds. The van der Waals surface area contributed by atoms with Crippen LogP contribution in [0.5, 0.6) is 5.75 Å². The first kappa shape index (κ1) is 19.6. The van der Waals surface area contributed by atoms with Gasteiger partial charge in [-0.25, -0.2) is 8.78 Å². The van der Waals surface area contributed by atoms with Crippen LogP contribution < -0.4 is 15.7 Å². The summed E-state index contributed by atoms with van der Waals surface area (Å²) in [5.41, 5.74) is -1.89. The standard InChI is InChI=1S/C19H15ClF2N2O4/c1-2-23-18(26)16-17(25)11-7-6-10(20)8-15(11)24(19(16)27)28-9-12-13(21)4-3-5-14(12)22/h3-8,25H,2,9H2,1H3,(H,23,26). The molecule has 0 spiro atoms. The molecule has 1 aromatic heterocycles. The molecule has 0 aliphatic carbocycles. The third-order valence-corrected chi connectivity index (χ3v) is 4.27. The summed E-state index contributed by atoms with van der Waals surface area (Å²) in [6, 6.07) is 7.49. The molecular weight excluding hydrogens is 394 g/mol. The number of fused-ring (bicyclic) bond motifs is 1. The smallest absolute Gasteiger partial charge is 0.300 e. The molecule has 0 aliphatic heterocycles. The van der Waals surface area contributed by atoms with Gasteiger partial charge >= 0.3 is 0 Å². The van der Waals surface area contributed by atoms with Crippen molar-refractivity contribution in [3.05, 3.63) is 74.5 Å². The molecule has 0 saturated carbocycles. The summed E-state index contributed by atoms with van der Waals surface area (Å²) in [7, 11) is 0. The predicted octanol–water partition coefficient (Wildman–Crippen LogP) is 3.02. The van der Waals surface area contributed by atoms with Gasteiger partial charge in [0.15, 0.2) is 0 Å². The summed E-state index contributed by atoms with van der Waals surface area (Å²) in [5, 5.41) is 13.2. The van der Waals surface area contributed by atoms with Gasteiger partial charge in [-0.2, -0.15) is 0 Å². The molecule has 2 aromatic carbocycles. The number of carbonyl (C=O) groups is 1. The lowest BCUT2D eigenvalue weighted by molar-refractivity contribution is 0.0881. The summed E-state index contributed by atoms with van der Waals surface area (Å²) in [5.74, 6) is -3.05. The average Bonchev–Trinajstić information content (AvgIpc) is 2.63. The maximum atomic E-state index is 13.9. The largest absolute Gasteiger partial charge is 0.506 e. The van der Waals surface area contributed by atoms with Crippen LogP contribution >= 0.6 is 11.6 Å². The molecule has 0 fully saturated rings. The fraction of sp³-hybridized carbons (Fsp3) is 0.158. The highest BCUT2D eigenvalue weighted by Crippen LogP contribution is 2.28. The topological polar surface area (TPSA) is 80.6 Å². The van der Waals surface area contributed by atoms with Crippen LogP contribution in [-0.2, 0) is 6.61 Å². The first-order valence-corrected chi connectivity index (χ1v) is 8.64. The number of aromatic hydroxyl groups is 1. The fourth-order valence-corrected chi connectivity index (χ4v) is 2.87. The normalized spacial score (nSPS) is 10.9. The highest BCUT2D eigenvalue weighted by molar-refractivity contribution is 6.31. The lowest BCUT2D eigenvalue weighted by Gasteiger charge is -2.16. The van der Waals surface area contributed by atoms with E-state index in [0.29, 0.717) is 4.73 Å². The Labute approximate surface area is 162 Å². The van der Waals surface area contributed by atoms with E-state index in [9.17, 15) is 23.5 Å². The van der Waals surface area contributed by atoms with Crippen LogP contribution in [0.1, 0.15) is 22.8 Å². The Morgan fingerprint density at radius 3 is 2.57 bits per heavy atom. The number of amides is 1. The number of hydrogen-bond donors (Lipinski definition) is 2. The van der Waals surface area contributed by atoms with E-state index in [0.717, 1.165) is 12.1 Å². The lowest BCUT2D eigenvalue weighted by Crippen LogP contribution is -2.36. The average molecular weight is 409 g/mol. The number of nitrogens with one attached hydrogen (secondary N) is 1. The lowest BCUT2D eigenvalue weighted by atomic mass is 10.1. The number of rotatable bonds is 5. The van der Waals surface area contributed by atoms with Crippen LogP contribution in [0.3, 0.4) is 0 Å². The van der Waals surface area contributed by atoms with Gasteiger partial charge in [-0.05, 0) is 37.3 Å². The van der Waals surface area contributed by atoms with Crippen molar-refractivity contribution in [1.82, 2.24) is 10.0 Å². The van der Waals surface area contributed by atoms with E-state index in [-0.39, 0.29) is 22.5 Å². The summed E-state index contributed by atoms with van der Waals surface area (Å²) in [4.78, 5) is 30.4. The Kier molecular flexibility index (Phi) is 5.51. The monoisotopic (exact) mass is 408 g/mol. The molecule has 0 atom stereocenters. The molecule has 0 unspecified atom stereocenters. The number of pyridine rings is 1. The number of carbonyl (C=O) groups excluding carboxylic acids is 1. The Hall–Kier alpha value is -3.13. The van der Waals surface area contributed by atoms with Gasteiger partial charge < -0.3 is 15.3 Å². The molecule has 6 nitrogen and oxygen atoms in total. The van der Waals surface area contributed by atoms with Gasteiger partial charge in [-0.15, -0.1) is 4.73 Å². The summed E-state index contributed by atoms with van der Waals surface area (Å²) in [6.45, 7) is 1.24. The van der Waals surface area contributed by atoms with E-state index in [1.165, 1.54) is 24.3 Å². The molecule has 2 N–H and O–H groups in total. The van der Waals surface area contributed by atoms with Gasteiger partial charge in [0, 0.05) is 17.0 Å².